The summed E-state index contributed by atoms with van der Waals surface area (Å²) in [4.78, 5) is 11.2. The highest BCUT2D eigenvalue weighted by Gasteiger charge is 2.32. The Kier molecular flexibility index (Phi) is 3.26. The maximum absolute atomic E-state index is 12.0. The first kappa shape index (κ1) is 12.2. The number of ether oxygens (including phenoxy) is 1. The maximum Gasteiger partial charge on any atom is 0.573 e. The average Bonchev–Trinajstić information content (AvgIpc) is 2.18. The molecule has 0 aliphatic rings. The molecule has 0 bridgehead atoms. The van der Waals surface area contributed by atoms with Crippen LogP contribution in [0.1, 0.15) is 10.4 Å². The molecule has 1 amide bonds. The molecule has 3 N–H and O–H groups in total. The molecule has 0 aromatic heterocycles. The summed E-state index contributed by atoms with van der Waals surface area (Å²) in [5.74, 6) is -1.11. The number of rotatable bonds is 2. The van der Waals surface area contributed by atoms with Crippen LogP contribution < -0.4 is 15.8 Å². The van der Waals surface area contributed by atoms with Crippen molar-refractivity contribution >= 4 is 11.6 Å². The molecule has 1 aromatic carbocycles. The Morgan fingerprint density at radius 2 is 2.06 bits per heavy atom. The van der Waals surface area contributed by atoms with Gasteiger partial charge in [-0.05, 0) is 18.2 Å². The van der Waals surface area contributed by atoms with Gasteiger partial charge in [0.1, 0.15) is 0 Å². The number of benzene rings is 1. The molecule has 0 atom stereocenters. The number of nitrogens with two attached hydrogens (primary N) is 1. The maximum atomic E-state index is 12.0. The Labute approximate surface area is 89.2 Å². The van der Waals surface area contributed by atoms with Gasteiger partial charge in [0.05, 0.1) is 5.69 Å². The third-order valence-electron chi connectivity index (χ3n) is 1.73. The van der Waals surface area contributed by atoms with Crippen LogP contribution in [0.2, 0.25) is 0 Å². The van der Waals surface area contributed by atoms with Crippen LogP contribution in [-0.4, -0.2) is 19.3 Å². The van der Waals surface area contributed by atoms with Crippen LogP contribution in [0.25, 0.3) is 0 Å². The first-order valence-corrected chi connectivity index (χ1v) is 4.21. The molecule has 16 heavy (non-hydrogen) atoms. The smallest absolute Gasteiger partial charge is 0.404 e. The summed E-state index contributed by atoms with van der Waals surface area (Å²) in [6, 6.07) is 3.41. The summed E-state index contributed by atoms with van der Waals surface area (Å²) in [7, 11) is 1.36. The van der Waals surface area contributed by atoms with Crippen molar-refractivity contribution in [2.75, 3.05) is 12.8 Å². The Morgan fingerprint density at radius 3 is 2.56 bits per heavy atom. The van der Waals surface area contributed by atoms with Gasteiger partial charge in [-0.2, -0.15) is 0 Å². The molecule has 1 rings (SSSR count). The summed E-state index contributed by atoms with van der Waals surface area (Å²) in [5.41, 5.74) is 5.13. The van der Waals surface area contributed by atoms with Gasteiger partial charge in [-0.25, -0.2) is 0 Å². The van der Waals surface area contributed by atoms with Crippen LogP contribution in [-0.2, 0) is 0 Å². The SMILES string of the molecule is CNC(=O)c1ccc(N)c(OC(F)(F)F)c1. The first-order valence-electron chi connectivity index (χ1n) is 4.21. The highest BCUT2D eigenvalue weighted by molar-refractivity contribution is 5.95. The third kappa shape index (κ3) is 3.04. The van der Waals surface area contributed by atoms with Crippen molar-refractivity contribution in [3.63, 3.8) is 0 Å². The lowest BCUT2D eigenvalue weighted by Crippen LogP contribution is -2.20. The Balaban J connectivity index is 3.04. The lowest BCUT2D eigenvalue weighted by molar-refractivity contribution is -0.274. The first-order chi connectivity index (χ1) is 7.33. The van der Waals surface area contributed by atoms with Crippen molar-refractivity contribution in [1.82, 2.24) is 5.32 Å². The summed E-state index contributed by atoms with van der Waals surface area (Å²) >= 11 is 0. The molecule has 4 nitrogen and oxygen atoms in total. The predicted molar refractivity (Wildman–Crippen MR) is 50.9 cm³/mol. The number of halogens is 3. The van der Waals surface area contributed by atoms with E-state index in [-0.39, 0.29) is 11.3 Å². The molecule has 0 saturated carbocycles. The van der Waals surface area contributed by atoms with Crippen molar-refractivity contribution in [3.05, 3.63) is 23.8 Å². The molecular weight excluding hydrogens is 225 g/mol. The molecule has 0 aliphatic heterocycles. The molecule has 0 saturated heterocycles. The summed E-state index contributed by atoms with van der Waals surface area (Å²) in [5, 5.41) is 2.27. The van der Waals surface area contributed by atoms with E-state index in [4.69, 9.17) is 5.73 Å². The zero-order chi connectivity index (χ0) is 12.3. The van der Waals surface area contributed by atoms with Crippen LogP contribution in [0.5, 0.6) is 5.75 Å². The molecule has 0 radical (unpaired) electrons. The number of alkyl halides is 3. The van der Waals surface area contributed by atoms with Crippen LogP contribution in [0.3, 0.4) is 0 Å². The number of amides is 1. The van der Waals surface area contributed by atoms with Crippen LogP contribution in [0.15, 0.2) is 18.2 Å². The molecule has 0 spiro atoms. The summed E-state index contributed by atoms with van der Waals surface area (Å²) < 4.78 is 39.5. The van der Waals surface area contributed by atoms with Crippen LogP contribution in [0, 0.1) is 0 Å². The molecule has 0 unspecified atom stereocenters. The monoisotopic (exact) mass is 234 g/mol. The lowest BCUT2D eigenvalue weighted by atomic mass is 10.2. The number of hydrogen-bond donors (Lipinski definition) is 2. The second kappa shape index (κ2) is 4.30. The summed E-state index contributed by atoms with van der Waals surface area (Å²) in [6.07, 6.45) is -4.84. The van der Waals surface area contributed by atoms with Gasteiger partial charge < -0.3 is 15.8 Å². The number of carbonyl (C=O) groups excluding carboxylic acids is 1. The van der Waals surface area contributed by atoms with Crippen molar-refractivity contribution in [3.8, 4) is 5.75 Å². The Hall–Kier alpha value is -1.92. The molecule has 1 aromatic rings. The third-order valence-corrected chi connectivity index (χ3v) is 1.73. The van der Waals surface area contributed by atoms with Gasteiger partial charge in [0.2, 0.25) is 0 Å². The van der Waals surface area contributed by atoms with Crippen molar-refractivity contribution in [2.45, 2.75) is 6.36 Å². The van der Waals surface area contributed by atoms with E-state index in [2.05, 4.69) is 10.1 Å². The van der Waals surface area contributed by atoms with E-state index in [1.165, 1.54) is 19.2 Å². The fraction of sp³-hybridized carbons (Fsp3) is 0.222. The van der Waals surface area contributed by atoms with E-state index in [1.807, 2.05) is 0 Å². The minimum Gasteiger partial charge on any atom is -0.404 e. The van der Waals surface area contributed by atoms with Gasteiger partial charge in [0.25, 0.3) is 5.91 Å². The van der Waals surface area contributed by atoms with Gasteiger partial charge in [0.15, 0.2) is 5.75 Å². The second-order valence-electron chi connectivity index (χ2n) is 2.88. The van der Waals surface area contributed by atoms with Gasteiger partial charge in [-0.15, -0.1) is 13.2 Å². The lowest BCUT2D eigenvalue weighted by Gasteiger charge is -2.11. The minimum absolute atomic E-state index is 0.0379. The predicted octanol–water partition coefficient (Wildman–Crippen LogP) is 1.53. The molecule has 88 valence electrons. The zero-order valence-corrected chi connectivity index (χ0v) is 8.26. The van der Waals surface area contributed by atoms with E-state index in [1.54, 1.807) is 0 Å². The number of anilines is 1. The summed E-state index contributed by atoms with van der Waals surface area (Å²) in [6.45, 7) is 0. The van der Waals surface area contributed by atoms with E-state index in [0.29, 0.717) is 0 Å². The van der Waals surface area contributed by atoms with Crippen molar-refractivity contribution in [2.24, 2.45) is 0 Å². The highest BCUT2D eigenvalue weighted by atomic mass is 19.4. The fourth-order valence-electron chi connectivity index (χ4n) is 1.03. The largest absolute Gasteiger partial charge is 0.573 e. The van der Waals surface area contributed by atoms with Crippen molar-refractivity contribution in [1.29, 1.82) is 0 Å². The van der Waals surface area contributed by atoms with Crippen LogP contribution in [0.4, 0.5) is 18.9 Å². The minimum atomic E-state index is -4.84. The fourth-order valence-corrected chi connectivity index (χ4v) is 1.03. The quantitative estimate of drug-likeness (QED) is 0.762. The van der Waals surface area contributed by atoms with E-state index >= 15 is 0 Å². The molecule has 0 heterocycles. The van der Waals surface area contributed by atoms with Gasteiger partial charge in [-0.1, -0.05) is 0 Å². The molecule has 0 fully saturated rings. The number of nitrogens with one attached hydrogen (secondary N) is 1. The average molecular weight is 234 g/mol. The van der Waals surface area contributed by atoms with Gasteiger partial charge in [-0.3, -0.25) is 4.79 Å². The number of hydrogen-bond acceptors (Lipinski definition) is 3. The molecule has 0 aliphatic carbocycles. The zero-order valence-electron chi connectivity index (χ0n) is 8.26. The topological polar surface area (TPSA) is 64.4 Å². The van der Waals surface area contributed by atoms with Crippen molar-refractivity contribution < 1.29 is 22.7 Å². The van der Waals surface area contributed by atoms with Gasteiger partial charge >= 0.3 is 6.36 Å². The Bertz CT molecular complexity index is 404. The number of nitrogen functional groups attached to an aromatic ring is 1. The van der Waals surface area contributed by atoms with E-state index in [9.17, 15) is 18.0 Å². The molecule has 7 heteroatoms. The standard InChI is InChI=1S/C9H9F3N2O2/c1-14-8(15)5-2-3-6(13)7(4-5)16-9(10,11)12/h2-4H,13H2,1H3,(H,14,15). The molecular formula is C9H9F3N2O2. The highest BCUT2D eigenvalue weighted by Crippen LogP contribution is 2.29. The van der Waals surface area contributed by atoms with Gasteiger partial charge in [0, 0.05) is 12.6 Å². The Morgan fingerprint density at radius 1 is 1.44 bits per heavy atom. The van der Waals surface area contributed by atoms with Crippen LogP contribution >= 0.6 is 0 Å². The second-order valence-corrected chi connectivity index (χ2v) is 2.88. The van der Waals surface area contributed by atoms with E-state index in [0.717, 1.165) is 6.07 Å². The normalized spacial score (nSPS) is 11.0. The van der Waals surface area contributed by atoms with E-state index < -0.39 is 18.0 Å². The number of carbonyl (C=O) groups is 1.